The van der Waals surface area contributed by atoms with Gasteiger partial charge in [-0.25, -0.2) is 4.39 Å². The summed E-state index contributed by atoms with van der Waals surface area (Å²) in [7, 11) is 0. The predicted molar refractivity (Wildman–Crippen MR) is 61.3 cm³/mol. The fourth-order valence-corrected chi connectivity index (χ4v) is 1.47. The molecule has 0 radical (unpaired) electrons. The maximum Gasteiger partial charge on any atom is 0.147 e. The average molecular weight is 226 g/mol. The van der Waals surface area contributed by atoms with E-state index in [1.807, 2.05) is 6.92 Å². The molecule has 1 atom stereocenters. The van der Waals surface area contributed by atoms with E-state index in [-0.39, 0.29) is 5.02 Å². The molecule has 0 heterocycles. The molecule has 0 spiro atoms. The van der Waals surface area contributed by atoms with Gasteiger partial charge < -0.3 is 0 Å². The molecule has 0 aromatic heterocycles. The Morgan fingerprint density at radius 1 is 1.60 bits per heavy atom. The summed E-state index contributed by atoms with van der Waals surface area (Å²) in [6.45, 7) is 2.77. The van der Waals surface area contributed by atoms with Crippen LogP contribution < -0.4 is 5.32 Å². The SMILES string of the molecule is C#CC(NCCC)c1cccc(Cl)c1F. The topological polar surface area (TPSA) is 12.0 Å². The minimum Gasteiger partial charge on any atom is -0.300 e. The van der Waals surface area contributed by atoms with Gasteiger partial charge in [0.05, 0.1) is 11.1 Å². The van der Waals surface area contributed by atoms with Crippen LogP contribution in [0.1, 0.15) is 24.9 Å². The summed E-state index contributed by atoms with van der Waals surface area (Å²) in [4.78, 5) is 0. The van der Waals surface area contributed by atoms with Crippen LogP contribution in [0.3, 0.4) is 0 Å². The first kappa shape index (κ1) is 12.0. The average Bonchev–Trinajstić information content (AvgIpc) is 2.25. The van der Waals surface area contributed by atoms with Gasteiger partial charge in [-0.1, -0.05) is 36.6 Å². The van der Waals surface area contributed by atoms with Crippen molar-refractivity contribution in [3.05, 3.63) is 34.6 Å². The van der Waals surface area contributed by atoms with E-state index in [1.54, 1.807) is 12.1 Å². The summed E-state index contributed by atoms with van der Waals surface area (Å²) in [6, 6.07) is 4.43. The number of rotatable bonds is 4. The standard InChI is InChI=1S/C12H13ClFN/c1-3-8-15-11(4-2)9-6-5-7-10(13)12(9)14/h2,5-7,11,15H,3,8H2,1H3. The second-order valence-corrected chi connectivity index (χ2v) is 3.60. The normalized spacial score (nSPS) is 12.1. The zero-order valence-corrected chi connectivity index (χ0v) is 9.31. The predicted octanol–water partition coefficient (Wildman–Crippen LogP) is 3.15. The van der Waals surface area contributed by atoms with Gasteiger partial charge in [-0.05, 0) is 19.0 Å². The zero-order chi connectivity index (χ0) is 11.3. The molecule has 15 heavy (non-hydrogen) atoms. The first-order chi connectivity index (χ1) is 7.20. The maximum atomic E-state index is 13.6. The van der Waals surface area contributed by atoms with Gasteiger partial charge in [0.2, 0.25) is 0 Å². The van der Waals surface area contributed by atoms with Gasteiger partial charge in [0.15, 0.2) is 0 Å². The summed E-state index contributed by atoms with van der Waals surface area (Å²) in [6.07, 6.45) is 6.29. The van der Waals surface area contributed by atoms with E-state index in [1.165, 1.54) is 6.07 Å². The number of benzene rings is 1. The molecule has 1 unspecified atom stereocenters. The molecule has 3 heteroatoms. The van der Waals surface area contributed by atoms with Crippen LogP contribution in [0.5, 0.6) is 0 Å². The Morgan fingerprint density at radius 3 is 2.93 bits per heavy atom. The quantitative estimate of drug-likeness (QED) is 0.777. The van der Waals surface area contributed by atoms with Crippen molar-refractivity contribution in [2.24, 2.45) is 0 Å². The van der Waals surface area contributed by atoms with Crippen molar-refractivity contribution in [3.8, 4) is 12.3 Å². The number of nitrogens with one attached hydrogen (secondary N) is 1. The second kappa shape index (κ2) is 5.75. The lowest BCUT2D eigenvalue weighted by molar-refractivity contribution is 0.563. The monoisotopic (exact) mass is 225 g/mol. The molecular formula is C12H13ClFN. The molecule has 0 saturated heterocycles. The molecular weight excluding hydrogens is 213 g/mol. The Kier molecular flexibility index (Phi) is 4.61. The molecule has 1 aromatic carbocycles. The van der Waals surface area contributed by atoms with Crippen LogP contribution >= 0.6 is 11.6 Å². The van der Waals surface area contributed by atoms with Crippen LogP contribution in [0.25, 0.3) is 0 Å². The maximum absolute atomic E-state index is 13.6. The molecule has 0 bridgehead atoms. The largest absolute Gasteiger partial charge is 0.300 e. The molecule has 1 rings (SSSR count). The molecule has 0 saturated carbocycles. The van der Waals surface area contributed by atoms with Crippen LogP contribution in [0.4, 0.5) is 4.39 Å². The highest BCUT2D eigenvalue weighted by Crippen LogP contribution is 2.22. The number of halogens is 2. The van der Waals surface area contributed by atoms with Crippen molar-refractivity contribution in [2.75, 3.05) is 6.54 Å². The summed E-state index contributed by atoms with van der Waals surface area (Å²) < 4.78 is 13.6. The van der Waals surface area contributed by atoms with Gasteiger partial charge in [0.1, 0.15) is 5.82 Å². The Balaban J connectivity index is 2.93. The first-order valence-electron chi connectivity index (χ1n) is 4.84. The van der Waals surface area contributed by atoms with E-state index in [0.29, 0.717) is 5.56 Å². The number of terminal acetylenes is 1. The van der Waals surface area contributed by atoms with Crippen LogP contribution in [0, 0.1) is 18.2 Å². The van der Waals surface area contributed by atoms with Crippen LogP contribution in [0.2, 0.25) is 5.02 Å². The number of hydrogen-bond acceptors (Lipinski definition) is 1. The van der Waals surface area contributed by atoms with Crippen LogP contribution in [0.15, 0.2) is 18.2 Å². The van der Waals surface area contributed by atoms with E-state index >= 15 is 0 Å². The van der Waals surface area contributed by atoms with Gasteiger partial charge in [-0.3, -0.25) is 5.32 Å². The summed E-state index contributed by atoms with van der Waals surface area (Å²) >= 11 is 5.68. The first-order valence-corrected chi connectivity index (χ1v) is 5.22. The van der Waals surface area contributed by atoms with Gasteiger partial charge in [-0.15, -0.1) is 6.42 Å². The van der Waals surface area contributed by atoms with E-state index in [4.69, 9.17) is 18.0 Å². The van der Waals surface area contributed by atoms with Crippen LogP contribution in [-0.4, -0.2) is 6.54 Å². The Hall–Kier alpha value is -1.04. The van der Waals surface area contributed by atoms with Crippen molar-refractivity contribution in [3.63, 3.8) is 0 Å². The third kappa shape index (κ3) is 2.95. The molecule has 1 N–H and O–H groups in total. The Labute approximate surface area is 94.6 Å². The smallest absolute Gasteiger partial charge is 0.147 e. The molecule has 0 amide bonds. The van der Waals surface area contributed by atoms with Crippen molar-refractivity contribution < 1.29 is 4.39 Å². The van der Waals surface area contributed by atoms with Crippen LogP contribution in [-0.2, 0) is 0 Å². The Morgan fingerprint density at radius 2 is 2.33 bits per heavy atom. The lowest BCUT2D eigenvalue weighted by Crippen LogP contribution is -2.21. The van der Waals surface area contributed by atoms with Crippen molar-refractivity contribution in [1.82, 2.24) is 5.32 Å². The van der Waals surface area contributed by atoms with Gasteiger partial charge in [-0.2, -0.15) is 0 Å². The fourth-order valence-electron chi connectivity index (χ4n) is 1.29. The third-order valence-corrected chi connectivity index (χ3v) is 2.35. The minimum absolute atomic E-state index is 0.103. The van der Waals surface area contributed by atoms with E-state index in [9.17, 15) is 4.39 Å². The van der Waals surface area contributed by atoms with Gasteiger partial charge in [0, 0.05) is 5.56 Å². The van der Waals surface area contributed by atoms with E-state index in [0.717, 1.165) is 13.0 Å². The highest BCUT2D eigenvalue weighted by Gasteiger charge is 2.14. The highest BCUT2D eigenvalue weighted by atomic mass is 35.5. The van der Waals surface area contributed by atoms with Crippen molar-refractivity contribution in [2.45, 2.75) is 19.4 Å². The zero-order valence-electron chi connectivity index (χ0n) is 8.56. The van der Waals surface area contributed by atoms with E-state index < -0.39 is 11.9 Å². The molecule has 0 fully saturated rings. The van der Waals surface area contributed by atoms with Crippen molar-refractivity contribution >= 4 is 11.6 Å². The summed E-state index contributed by atoms with van der Waals surface area (Å²) in [5.74, 6) is 2.07. The number of hydrogen-bond donors (Lipinski definition) is 1. The Bertz CT molecular complexity index is 370. The molecule has 80 valence electrons. The van der Waals surface area contributed by atoms with Gasteiger partial charge >= 0.3 is 0 Å². The lowest BCUT2D eigenvalue weighted by atomic mass is 10.1. The molecule has 1 nitrogen and oxygen atoms in total. The molecule has 0 aliphatic heterocycles. The van der Waals surface area contributed by atoms with Gasteiger partial charge in [0.25, 0.3) is 0 Å². The molecule has 0 aliphatic rings. The summed E-state index contributed by atoms with van der Waals surface area (Å²) in [5, 5.41) is 3.17. The second-order valence-electron chi connectivity index (χ2n) is 3.20. The summed E-state index contributed by atoms with van der Waals surface area (Å²) in [5.41, 5.74) is 0.429. The van der Waals surface area contributed by atoms with E-state index in [2.05, 4.69) is 11.2 Å². The fraction of sp³-hybridized carbons (Fsp3) is 0.333. The lowest BCUT2D eigenvalue weighted by Gasteiger charge is -2.13. The highest BCUT2D eigenvalue weighted by molar-refractivity contribution is 6.30. The minimum atomic E-state index is -0.439. The molecule has 0 aliphatic carbocycles. The molecule has 1 aromatic rings. The van der Waals surface area contributed by atoms with Crippen molar-refractivity contribution in [1.29, 1.82) is 0 Å². The third-order valence-electron chi connectivity index (χ3n) is 2.06.